The Balaban J connectivity index is 1.95. The van der Waals surface area contributed by atoms with Crippen molar-refractivity contribution in [2.24, 2.45) is 5.73 Å². The molecule has 1 aliphatic heterocycles. The van der Waals surface area contributed by atoms with Gasteiger partial charge in [-0.1, -0.05) is 12.1 Å². The Kier molecular flexibility index (Phi) is 2.60. The summed E-state index contributed by atoms with van der Waals surface area (Å²) in [5, 5.41) is 0. The van der Waals surface area contributed by atoms with Crippen molar-refractivity contribution in [3.8, 4) is 0 Å². The number of anilines is 1. The van der Waals surface area contributed by atoms with Crippen molar-refractivity contribution in [2.45, 2.75) is 38.1 Å². The summed E-state index contributed by atoms with van der Waals surface area (Å²) < 4.78 is 0. The van der Waals surface area contributed by atoms with Crippen molar-refractivity contribution in [2.75, 3.05) is 18.0 Å². The molecular weight excluding hydrogens is 196 g/mol. The smallest absolute Gasteiger partial charge is 0.0402 e. The fraction of sp³-hybridized carbons (Fsp3) is 0.571. The third-order valence-electron chi connectivity index (χ3n) is 3.99. The van der Waals surface area contributed by atoms with Crippen LogP contribution in [0.5, 0.6) is 0 Å². The number of nitrogens with two attached hydrogens (primary N) is 1. The Hall–Kier alpha value is -1.02. The molecule has 2 heteroatoms. The molecule has 1 aromatic carbocycles. The van der Waals surface area contributed by atoms with Gasteiger partial charge in [0.1, 0.15) is 0 Å². The molecule has 2 N–H and O–H groups in total. The summed E-state index contributed by atoms with van der Waals surface area (Å²) in [4.78, 5) is 2.56. The number of piperidine rings is 1. The van der Waals surface area contributed by atoms with E-state index in [0.717, 1.165) is 6.42 Å². The van der Waals surface area contributed by atoms with Crippen LogP contribution in [0, 0.1) is 0 Å². The van der Waals surface area contributed by atoms with E-state index in [4.69, 9.17) is 5.73 Å². The molecule has 2 aliphatic rings. The van der Waals surface area contributed by atoms with E-state index in [-0.39, 0.29) is 6.04 Å². The summed E-state index contributed by atoms with van der Waals surface area (Å²) in [6, 6.07) is 6.94. The van der Waals surface area contributed by atoms with Gasteiger partial charge in [-0.2, -0.15) is 0 Å². The zero-order valence-electron chi connectivity index (χ0n) is 9.78. The summed E-state index contributed by atoms with van der Waals surface area (Å²) in [5.41, 5.74) is 10.5. The molecule has 1 aliphatic carbocycles. The molecule has 0 spiro atoms. The van der Waals surface area contributed by atoms with Gasteiger partial charge >= 0.3 is 0 Å². The Labute approximate surface area is 97.4 Å². The highest BCUT2D eigenvalue weighted by atomic mass is 15.1. The first-order valence-corrected chi connectivity index (χ1v) is 6.48. The van der Waals surface area contributed by atoms with Gasteiger partial charge in [0, 0.05) is 24.8 Å². The van der Waals surface area contributed by atoms with E-state index in [1.54, 1.807) is 0 Å². The number of hydrogen-bond acceptors (Lipinski definition) is 2. The summed E-state index contributed by atoms with van der Waals surface area (Å²) in [6.07, 6.45) is 6.37. The second-order valence-corrected chi connectivity index (χ2v) is 5.04. The van der Waals surface area contributed by atoms with Crippen molar-refractivity contribution in [3.63, 3.8) is 0 Å². The van der Waals surface area contributed by atoms with Gasteiger partial charge in [0.25, 0.3) is 0 Å². The van der Waals surface area contributed by atoms with Crippen molar-refractivity contribution in [3.05, 3.63) is 29.3 Å². The lowest BCUT2D eigenvalue weighted by Crippen LogP contribution is -2.30. The molecule has 1 atom stereocenters. The van der Waals surface area contributed by atoms with E-state index in [0.29, 0.717) is 0 Å². The van der Waals surface area contributed by atoms with Crippen molar-refractivity contribution < 1.29 is 0 Å². The highest BCUT2D eigenvalue weighted by molar-refractivity contribution is 5.59. The van der Waals surface area contributed by atoms with Gasteiger partial charge in [0.15, 0.2) is 0 Å². The number of fused-ring (bicyclic) bond motifs is 1. The van der Waals surface area contributed by atoms with Crippen LogP contribution in [-0.4, -0.2) is 13.1 Å². The van der Waals surface area contributed by atoms with Crippen LogP contribution in [0.1, 0.15) is 42.9 Å². The predicted octanol–water partition coefficient (Wildman–Crippen LogP) is 2.62. The fourth-order valence-electron chi connectivity index (χ4n) is 3.10. The quantitative estimate of drug-likeness (QED) is 0.782. The number of benzene rings is 1. The lowest BCUT2D eigenvalue weighted by molar-refractivity contribution is 0.576. The zero-order valence-corrected chi connectivity index (χ0v) is 9.78. The number of nitrogens with zero attached hydrogens (tertiary/aromatic N) is 1. The molecule has 86 valence electrons. The molecule has 1 saturated heterocycles. The lowest BCUT2D eigenvalue weighted by atomic mass is 10.0. The van der Waals surface area contributed by atoms with Gasteiger partial charge < -0.3 is 10.6 Å². The lowest BCUT2D eigenvalue weighted by Gasteiger charge is -2.30. The van der Waals surface area contributed by atoms with Gasteiger partial charge in [0.05, 0.1) is 0 Å². The van der Waals surface area contributed by atoms with Gasteiger partial charge in [-0.25, -0.2) is 0 Å². The molecule has 1 fully saturated rings. The Morgan fingerprint density at radius 1 is 1.12 bits per heavy atom. The average molecular weight is 216 g/mol. The molecule has 0 aromatic heterocycles. The van der Waals surface area contributed by atoms with Crippen LogP contribution in [-0.2, 0) is 6.42 Å². The normalized spacial score (nSPS) is 24.6. The maximum atomic E-state index is 6.13. The zero-order chi connectivity index (χ0) is 11.0. The molecule has 0 saturated carbocycles. The molecule has 1 heterocycles. The molecule has 0 bridgehead atoms. The summed E-state index contributed by atoms with van der Waals surface area (Å²) in [7, 11) is 0. The number of rotatable bonds is 1. The SMILES string of the molecule is N[C@@H]1CCc2c1cccc2N1CCCCC1. The van der Waals surface area contributed by atoms with Gasteiger partial charge in [0.2, 0.25) is 0 Å². The van der Waals surface area contributed by atoms with E-state index >= 15 is 0 Å². The number of hydrogen-bond donors (Lipinski definition) is 1. The summed E-state index contributed by atoms with van der Waals surface area (Å²) >= 11 is 0. The van der Waals surface area contributed by atoms with Crippen LogP contribution in [0.3, 0.4) is 0 Å². The Morgan fingerprint density at radius 2 is 1.94 bits per heavy atom. The van der Waals surface area contributed by atoms with Crippen molar-refractivity contribution in [1.82, 2.24) is 0 Å². The molecule has 3 rings (SSSR count). The van der Waals surface area contributed by atoms with Gasteiger partial charge in [-0.15, -0.1) is 0 Å². The fourth-order valence-corrected chi connectivity index (χ4v) is 3.10. The Bertz CT molecular complexity index is 380. The second kappa shape index (κ2) is 4.10. The highest BCUT2D eigenvalue weighted by Gasteiger charge is 2.24. The van der Waals surface area contributed by atoms with E-state index in [1.165, 1.54) is 55.6 Å². The van der Waals surface area contributed by atoms with Crippen molar-refractivity contribution in [1.29, 1.82) is 0 Å². The van der Waals surface area contributed by atoms with Crippen LogP contribution in [0.4, 0.5) is 5.69 Å². The summed E-state index contributed by atoms with van der Waals surface area (Å²) in [5.74, 6) is 0. The van der Waals surface area contributed by atoms with E-state index in [1.807, 2.05) is 0 Å². The van der Waals surface area contributed by atoms with Crippen LogP contribution >= 0.6 is 0 Å². The minimum absolute atomic E-state index is 0.278. The highest BCUT2D eigenvalue weighted by Crippen LogP contribution is 2.36. The first kappa shape index (κ1) is 10.2. The minimum Gasteiger partial charge on any atom is -0.371 e. The van der Waals surface area contributed by atoms with Crippen LogP contribution in [0.25, 0.3) is 0 Å². The molecule has 2 nitrogen and oxygen atoms in total. The van der Waals surface area contributed by atoms with E-state index in [9.17, 15) is 0 Å². The largest absolute Gasteiger partial charge is 0.371 e. The molecule has 1 aromatic rings. The maximum absolute atomic E-state index is 6.13. The summed E-state index contributed by atoms with van der Waals surface area (Å²) in [6.45, 7) is 2.46. The average Bonchev–Trinajstić information content (AvgIpc) is 2.73. The minimum atomic E-state index is 0.278. The third-order valence-corrected chi connectivity index (χ3v) is 3.99. The monoisotopic (exact) mass is 216 g/mol. The van der Waals surface area contributed by atoms with Crippen LogP contribution in [0.15, 0.2) is 18.2 Å². The Morgan fingerprint density at radius 3 is 2.75 bits per heavy atom. The molecule has 16 heavy (non-hydrogen) atoms. The van der Waals surface area contributed by atoms with Crippen molar-refractivity contribution >= 4 is 5.69 Å². The maximum Gasteiger partial charge on any atom is 0.0402 e. The van der Waals surface area contributed by atoms with Crippen LogP contribution < -0.4 is 10.6 Å². The van der Waals surface area contributed by atoms with Crippen LogP contribution in [0.2, 0.25) is 0 Å². The van der Waals surface area contributed by atoms with E-state index < -0.39 is 0 Å². The third kappa shape index (κ3) is 1.61. The van der Waals surface area contributed by atoms with E-state index in [2.05, 4.69) is 23.1 Å². The molecule has 0 unspecified atom stereocenters. The molecule has 0 amide bonds. The topological polar surface area (TPSA) is 29.3 Å². The van der Waals surface area contributed by atoms with Gasteiger partial charge in [-0.3, -0.25) is 0 Å². The molecule has 0 radical (unpaired) electrons. The van der Waals surface area contributed by atoms with Gasteiger partial charge in [-0.05, 0) is 49.3 Å². The standard InChI is InChI=1S/C14H20N2/c15-13-8-7-12-11(13)5-4-6-14(12)16-9-2-1-3-10-16/h4-6,13H,1-3,7-10,15H2/t13-/m1/s1. The first-order chi connectivity index (χ1) is 7.86. The first-order valence-electron chi connectivity index (χ1n) is 6.48. The second-order valence-electron chi connectivity index (χ2n) is 5.04. The predicted molar refractivity (Wildman–Crippen MR) is 67.8 cm³/mol. The molecular formula is C14H20N2.